The van der Waals surface area contributed by atoms with Gasteiger partial charge in [0.15, 0.2) is 0 Å². The van der Waals surface area contributed by atoms with E-state index in [0.717, 1.165) is 26.2 Å². The second-order valence-electron chi connectivity index (χ2n) is 5.68. The molecule has 0 atom stereocenters. The van der Waals surface area contributed by atoms with Gasteiger partial charge in [0.05, 0.1) is 7.11 Å². The Morgan fingerprint density at radius 2 is 1.85 bits per heavy atom. The van der Waals surface area contributed by atoms with Crippen LogP contribution in [0.25, 0.3) is 0 Å². The fraction of sp³-hybridized carbons (Fsp3) is 0.467. The van der Waals surface area contributed by atoms with Gasteiger partial charge in [0.25, 0.3) is 5.91 Å². The summed E-state index contributed by atoms with van der Waals surface area (Å²) in [7, 11) is 1.57. The highest BCUT2D eigenvalue weighted by Gasteiger charge is 2.53. The minimum atomic E-state index is 0.0239. The van der Waals surface area contributed by atoms with E-state index in [9.17, 15) is 9.59 Å². The van der Waals surface area contributed by atoms with Gasteiger partial charge in [-0.05, 0) is 18.2 Å². The summed E-state index contributed by atoms with van der Waals surface area (Å²) in [6, 6.07) is 8.08. The third-order valence-electron chi connectivity index (χ3n) is 4.09. The fourth-order valence-electron chi connectivity index (χ4n) is 2.95. The van der Waals surface area contributed by atoms with Crippen LogP contribution >= 0.6 is 0 Å². The number of hydrogen-bond donors (Lipinski definition) is 0. The first-order valence-corrected chi connectivity index (χ1v) is 6.63. The van der Waals surface area contributed by atoms with Crippen LogP contribution in [-0.2, 0) is 4.79 Å². The summed E-state index contributed by atoms with van der Waals surface area (Å²) in [6.45, 7) is 4.62. The van der Waals surface area contributed by atoms with Gasteiger partial charge < -0.3 is 14.5 Å². The predicted octanol–water partition coefficient (Wildman–Crippen LogP) is 0.800. The summed E-state index contributed by atoms with van der Waals surface area (Å²) < 4.78 is 5.03. The number of amides is 2. The molecule has 5 heteroatoms. The molecule has 1 spiro atoms. The van der Waals surface area contributed by atoms with Crippen LogP contribution in [0.5, 0.6) is 5.75 Å². The van der Waals surface area contributed by atoms with Crippen LogP contribution in [0.15, 0.2) is 18.2 Å². The van der Waals surface area contributed by atoms with Crippen molar-refractivity contribution in [2.75, 3.05) is 33.3 Å². The van der Waals surface area contributed by atoms with Crippen molar-refractivity contribution in [3.8, 4) is 5.75 Å². The summed E-state index contributed by atoms with van der Waals surface area (Å²) in [5.41, 5.74) is 0.778. The van der Waals surface area contributed by atoms with Gasteiger partial charge in [0.1, 0.15) is 5.75 Å². The van der Waals surface area contributed by atoms with Crippen molar-refractivity contribution >= 4 is 11.8 Å². The van der Waals surface area contributed by atoms with Gasteiger partial charge in [-0.2, -0.15) is 0 Å². The molecule has 0 bridgehead atoms. The van der Waals surface area contributed by atoms with Crippen molar-refractivity contribution in [1.82, 2.24) is 9.80 Å². The van der Waals surface area contributed by atoms with Crippen molar-refractivity contribution < 1.29 is 14.3 Å². The number of carbonyl (C=O) groups is 2. The zero-order chi connectivity index (χ0) is 14.3. The van der Waals surface area contributed by atoms with Gasteiger partial charge in [0, 0.05) is 50.1 Å². The highest BCUT2D eigenvalue weighted by atomic mass is 16.5. The van der Waals surface area contributed by atoms with Crippen LogP contribution in [0.1, 0.15) is 17.3 Å². The predicted molar refractivity (Wildman–Crippen MR) is 72.4 cm³/mol. The van der Waals surface area contributed by atoms with E-state index in [2.05, 4.69) is 6.07 Å². The van der Waals surface area contributed by atoms with Crippen LogP contribution in [0, 0.1) is 11.5 Å². The lowest BCUT2D eigenvalue weighted by Crippen LogP contribution is -2.73. The highest BCUT2D eigenvalue weighted by molar-refractivity contribution is 5.95. The topological polar surface area (TPSA) is 49.9 Å². The van der Waals surface area contributed by atoms with Gasteiger partial charge in [-0.25, -0.2) is 0 Å². The molecule has 0 unspecified atom stereocenters. The Labute approximate surface area is 118 Å². The highest BCUT2D eigenvalue weighted by Crippen LogP contribution is 2.40. The largest absolute Gasteiger partial charge is 0.496 e. The van der Waals surface area contributed by atoms with Crippen LogP contribution < -0.4 is 4.74 Å². The number of likely N-dealkylation sites (tertiary alicyclic amines) is 2. The second-order valence-corrected chi connectivity index (χ2v) is 5.68. The quantitative estimate of drug-likeness (QED) is 0.801. The van der Waals surface area contributed by atoms with Crippen LogP contribution in [0.3, 0.4) is 0 Å². The van der Waals surface area contributed by atoms with E-state index in [1.807, 2.05) is 9.80 Å². The molecular weight excluding hydrogens is 256 g/mol. The standard InChI is InChI=1S/C15H17N2O3/c1-11(18)16-7-15(8-16)9-17(10-15)14(19)12-3-5-13(20-2)6-4-12/h3-5H,7-10H2,1-2H3. The van der Waals surface area contributed by atoms with E-state index in [4.69, 9.17) is 4.74 Å². The molecule has 2 saturated heterocycles. The van der Waals surface area contributed by atoms with Crippen LogP contribution in [0.4, 0.5) is 0 Å². The Balaban J connectivity index is 1.57. The van der Waals surface area contributed by atoms with E-state index in [0.29, 0.717) is 11.3 Å². The number of carbonyl (C=O) groups excluding carboxylic acids is 2. The molecule has 2 amide bonds. The summed E-state index contributed by atoms with van der Waals surface area (Å²) in [6.07, 6.45) is 0. The third kappa shape index (κ3) is 2.03. The number of nitrogens with zero attached hydrogens (tertiary/aromatic N) is 2. The van der Waals surface area contributed by atoms with E-state index in [-0.39, 0.29) is 17.2 Å². The Morgan fingerprint density at radius 3 is 2.35 bits per heavy atom. The lowest BCUT2D eigenvalue weighted by molar-refractivity contribution is -0.152. The monoisotopic (exact) mass is 273 g/mol. The van der Waals surface area contributed by atoms with Crippen molar-refractivity contribution in [2.45, 2.75) is 6.92 Å². The fourth-order valence-corrected chi connectivity index (χ4v) is 2.95. The molecule has 1 aromatic carbocycles. The van der Waals surface area contributed by atoms with Gasteiger partial charge in [-0.15, -0.1) is 0 Å². The summed E-state index contributed by atoms with van der Waals surface area (Å²) >= 11 is 0. The molecule has 105 valence electrons. The number of benzene rings is 1. The van der Waals surface area contributed by atoms with Crippen molar-refractivity contribution in [2.24, 2.45) is 5.41 Å². The maximum absolute atomic E-state index is 12.3. The van der Waals surface area contributed by atoms with Crippen molar-refractivity contribution in [3.63, 3.8) is 0 Å². The third-order valence-corrected chi connectivity index (χ3v) is 4.09. The van der Waals surface area contributed by atoms with Gasteiger partial charge in [0.2, 0.25) is 5.91 Å². The molecule has 3 rings (SSSR count). The molecule has 20 heavy (non-hydrogen) atoms. The molecule has 2 fully saturated rings. The molecule has 0 N–H and O–H groups in total. The van der Waals surface area contributed by atoms with E-state index >= 15 is 0 Å². The Hall–Kier alpha value is -2.04. The molecule has 0 aromatic heterocycles. The maximum atomic E-state index is 12.3. The average Bonchev–Trinajstić information content (AvgIpc) is 2.35. The SMILES string of the molecule is COc1[c]cc(C(=O)N2CC3(CN(C(C)=O)C3)C2)cc1. The number of ether oxygens (including phenoxy) is 1. The minimum Gasteiger partial charge on any atom is -0.496 e. The van der Waals surface area contributed by atoms with E-state index < -0.39 is 0 Å². The summed E-state index contributed by atoms with van der Waals surface area (Å²) in [4.78, 5) is 27.1. The zero-order valence-corrected chi connectivity index (χ0v) is 11.7. The average molecular weight is 273 g/mol. The maximum Gasteiger partial charge on any atom is 0.253 e. The molecule has 2 aliphatic rings. The van der Waals surface area contributed by atoms with Gasteiger partial charge in [-0.3, -0.25) is 9.59 Å². The van der Waals surface area contributed by atoms with Gasteiger partial charge in [-0.1, -0.05) is 0 Å². The first kappa shape index (κ1) is 13.0. The summed E-state index contributed by atoms with van der Waals surface area (Å²) in [5, 5.41) is 0. The van der Waals surface area contributed by atoms with Gasteiger partial charge >= 0.3 is 0 Å². The first-order chi connectivity index (χ1) is 9.53. The minimum absolute atomic E-state index is 0.0239. The number of methoxy groups -OCH3 is 1. The normalized spacial score (nSPS) is 19.3. The Kier molecular flexibility index (Phi) is 2.92. The molecule has 1 radical (unpaired) electrons. The van der Waals surface area contributed by atoms with E-state index in [1.54, 1.807) is 32.2 Å². The number of rotatable bonds is 2. The van der Waals surface area contributed by atoms with Crippen molar-refractivity contribution in [3.05, 3.63) is 29.8 Å². The molecule has 1 aromatic rings. The second kappa shape index (κ2) is 4.51. The Bertz CT molecular complexity index is 539. The Morgan fingerprint density at radius 1 is 1.20 bits per heavy atom. The molecule has 5 nitrogen and oxygen atoms in total. The smallest absolute Gasteiger partial charge is 0.253 e. The first-order valence-electron chi connectivity index (χ1n) is 6.63. The van der Waals surface area contributed by atoms with Crippen LogP contribution in [0.2, 0.25) is 0 Å². The molecule has 0 aliphatic carbocycles. The number of hydrogen-bond acceptors (Lipinski definition) is 3. The van der Waals surface area contributed by atoms with Crippen molar-refractivity contribution in [1.29, 1.82) is 0 Å². The lowest BCUT2D eigenvalue weighted by atomic mass is 9.72. The summed E-state index contributed by atoms with van der Waals surface area (Å²) in [5.74, 6) is 0.763. The van der Waals surface area contributed by atoms with Crippen LogP contribution in [-0.4, -0.2) is 54.9 Å². The molecule has 0 saturated carbocycles. The van der Waals surface area contributed by atoms with E-state index in [1.165, 1.54) is 0 Å². The molecular formula is C15H17N2O3. The lowest BCUT2D eigenvalue weighted by Gasteiger charge is -2.60. The molecule has 2 heterocycles. The zero-order valence-electron chi connectivity index (χ0n) is 11.7. The molecule has 2 aliphatic heterocycles.